The number of hydrogen-bond acceptors (Lipinski definition) is 4. The van der Waals surface area contributed by atoms with Crippen molar-refractivity contribution in [2.24, 2.45) is 5.10 Å². The highest BCUT2D eigenvalue weighted by Crippen LogP contribution is 2.12. The van der Waals surface area contributed by atoms with E-state index < -0.39 is 0 Å². The van der Waals surface area contributed by atoms with Gasteiger partial charge in [0.15, 0.2) is 0 Å². The molecule has 0 aliphatic heterocycles. The largest absolute Gasteiger partial charge is 0.322 e. The molecule has 6 heteroatoms. The Morgan fingerprint density at radius 2 is 1.63 bits per heavy atom. The number of carbonyl (C=O) groups excluding carboxylic acids is 2. The lowest BCUT2D eigenvalue weighted by Crippen LogP contribution is -2.18. The number of hydrazone groups is 1. The molecule has 0 aliphatic rings. The summed E-state index contributed by atoms with van der Waals surface area (Å²) in [5.74, 6) is -0.619. The van der Waals surface area contributed by atoms with Crippen molar-refractivity contribution >= 4 is 23.7 Å². The van der Waals surface area contributed by atoms with Gasteiger partial charge < -0.3 is 5.32 Å². The van der Waals surface area contributed by atoms with Crippen LogP contribution in [0, 0.1) is 6.92 Å². The van der Waals surface area contributed by atoms with Gasteiger partial charge in [-0.1, -0.05) is 30.3 Å². The van der Waals surface area contributed by atoms with Gasteiger partial charge in [0, 0.05) is 22.5 Å². The van der Waals surface area contributed by atoms with Gasteiger partial charge in [-0.2, -0.15) is 5.10 Å². The van der Waals surface area contributed by atoms with Crippen LogP contribution in [0.1, 0.15) is 32.1 Å². The number of nitrogens with zero attached hydrogens (tertiary/aromatic N) is 2. The van der Waals surface area contributed by atoms with Crippen molar-refractivity contribution in [2.75, 3.05) is 5.32 Å². The number of hydrogen-bond donors (Lipinski definition) is 2. The molecule has 0 bridgehead atoms. The van der Waals surface area contributed by atoms with E-state index in [0.717, 1.165) is 5.69 Å². The van der Waals surface area contributed by atoms with Gasteiger partial charge in [-0.25, -0.2) is 5.43 Å². The highest BCUT2D eigenvalue weighted by molar-refractivity contribution is 6.05. The summed E-state index contributed by atoms with van der Waals surface area (Å²) in [6, 6.07) is 21.1. The lowest BCUT2D eigenvalue weighted by molar-refractivity contribution is 0.0953. The molecular weight excluding hydrogens is 340 g/mol. The second-order valence-electron chi connectivity index (χ2n) is 5.80. The zero-order valence-electron chi connectivity index (χ0n) is 14.7. The van der Waals surface area contributed by atoms with E-state index in [0.29, 0.717) is 22.5 Å². The highest BCUT2D eigenvalue weighted by atomic mass is 16.2. The fourth-order valence-electron chi connectivity index (χ4n) is 2.39. The lowest BCUT2D eigenvalue weighted by atomic mass is 10.1. The molecule has 2 amide bonds. The van der Waals surface area contributed by atoms with Crippen molar-refractivity contribution in [1.82, 2.24) is 10.4 Å². The summed E-state index contributed by atoms with van der Waals surface area (Å²) < 4.78 is 0. The van der Waals surface area contributed by atoms with Gasteiger partial charge in [0.1, 0.15) is 0 Å². The average Bonchev–Trinajstić information content (AvgIpc) is 2.69. The lowest BCUT2D eigenvalue weighted by Gasteiger charge is -2.07. The summed E-state index contributed by atoms with van der Waals surface area (Å²) in [6.07, 6.45) is 1.48. The maximum atomic E-state index is 12.3. The third-order valence-corrected chi connectivity index (χ3v) is 3.69. The molecule has 0 saturated carbocycles. The second kappa shape index (κ2) is 8.53. The van der Waals surface area contributed by atoms with Gasteiger partial charge in [-0.15, -0.1) is 0 Å². The molecule has 0 radical (unpaired) electrons. The maximum absolute atomic E-state index is 12.3. The van der Waals surface area contributed by atoms with E-state index in [-0.39, 0.29) is 11.8 Å². The van der Waals surface area contributed by atoms with Gasteiger partial charge in [0.05, 0.1) is 11.9 Å². The molecule has 0 saturated heterocycles. The third kappa shape index (κ3) is 5.09. The molecule has 0 fully saturated rings. The van der Waals surface area contributed by atoms with Crippen LogP contribution in [0.4, 0.5) is 5.69 Å². The van der Waals surface area contributed by atoms with Crippen LogP contribution in [0.15, 0.2) is 77.9 Å². The van der Waals surface area contributed by atoms with Crippen LogP contribution in [0.25, 0.3) is 0 Å². The molecule has 0 atom stereocenters. The summed E-state index contributed by atoms with van der Waals surface area (Å²) in [5.41, 5.74) is 5.43. The number of anilines is 1. The zero-order valence-corrected chi connectivity index (χ0v) is 14.7. The molecule has 3 rings (SSSR count). The number of aryl methyl sites for hydroxylation is 1. The van der Waals surface area contributed by atoms with E-state index in [1.165, 1.54) is 6.21 Å². The summed E-state index contributed by atoms with van der Waals surface area (Å²) in [7, 11) is 0. The predicted octanol–water partition coefficient (Wildman–Crippen LogP) is 3.41. The Morgan fingerprint density at radius 3 is 2.41 bits per heavy atom. The number of rotatable bonds is 5. The van der Waals surface area contributed by atoms with E-state index >= 15 is 0 Å². The quantitative estimate of drug-likeness (QED) is 0.541. The monoisotopic (exact) mass is 358 g/mol. The Morgan fingerprint density at radius 1 is 0.889 bits per heavy atom. The topological polar surface area (TPSA) is 83.5 Å². The number of pyridine rings is 1. The van der Waals surface area contributed by atoms with Crippen LogP contribution in [0.3, 0.4) is 0 Å². The molecular formula is C21H18N4O2. The van der Waals surface area contributed by atoms with Crippen molar-refractivity contribution in [3.63, 3.8) is 0 Å². The first-order valence-corrected chi connectivity index (χ1v) is 8.35. The summed E-state index contributed by atoms with van der Waals surface area (Å²) in [5, 5.41) is 6.70. The molecule has 2 N–H and O–H groups in total. The first-order valence-electron chi connectivity index (χ1n) is 8.35. The van der Waals surface area contributed by atoms with Gasteiger partial charge in [0.2, 0.25) is 0 Å². The zero-order chi connectivity index (χ0) is 19.1. The van der Waals surface area contributed by atoms with E-state index in [2.05, 4.69) is 20.8 Å². The molecule has 0 spiro atoms. The number of aromatic nitrogens is 1. The second-order valence-corrected chi connectivity index (χ2v) is 5.80. The Bertz CT molecular complexity index is 984. The number of nitrogens with one attached hydrogen (secondary N) is 2. The fraction of sp³-hybridized carbons (Fsp3) is 0.0476. The molecule has 1 heterocycles. The van der Waals surface area contributed by atoms with Crippen molar-refractivity contribution in [1.29, 1.82) is 0 Å². The molecule has 27 heavy (non-hydrogen) atoms. The van der Waals surface area contributed by atoms with Crippen LogP contribution in [-0.2, 0) is 0 Å². The summed E-state index contributed by atoms with van der Waals surface area (Å²) in [4.78, 5) is 28.7. The number of carbonyl (C=O) groups is 2. The standard InChI is InChI=1S/C21H18N4O2/c1-15-7-5-12-19(23-15)14-22-25-21(27)17-10-6-11-18(13-17)24-20(26)16-8-3-2-4-9-16/h2-14H,1H3,(H,24,26)(H,25,27). The Hall–Kier alpha value is -3.80. The molecule has 1 aromatic heterocycles. The van der Waals surface area contributed by atoms with E-state index in [1.54, 1.807) is 54.6 Å². The minimum Gasteiger partial charge on any atom is -0.322 e. The van der Waals surface area contributed by atoms with Crippen molar-refractivity contribution < 1.29 is 9.59 Å². The van der Waals surface area contributed by atoms with Crippen LogP contribution < -0.4 is 10.7 Å². The SMILES string of the molecule is Cc1cccc(C=NNC(=O)c2cccc(NC(=O)c3ccccc3)c2)n1. The predicted molar refractivity (Wildman–Crippen MR) is 105 cm³/mol. The summed E-state index contributed by atoms with van der Waals surface area (Å²) in [6.45, 7) is 1.88. The molecule has 0 aliphatic carbocycles. The molecule has 0 unspecified atom stereocenters. The molecule has 134 valence electrons. The number of amides is 2. The smallest absolute Gasteiger partial charge is 0.271 e. The van der Waals surface area contributed by atoms with Crippen molar-refractivity contribution in [3.8, 4) is 0 Å². The Balaban J connectivity index is 1.64. The van der Waals surface area contributed by atoms with Gasteiger partial charge >= 0.3 is 0 Å². The third-order valence-electron chi connectivity index (χ3n) is 3.69. The Labute approximate surface area is 157 Å². The van der Waals surface area contributed by atoms with E-state index in [4.69, 9.17) is 0 Å². The van der Waals surface area contributed by atoms with Gasteiger partial charge in [-0.3, -0.25) is 14.6 Å². The fourth-order valence-corrected chi connectivity index (χ4v) is 2.39. The van der Waals surface area contributed by atoms with Crippen LogP contribution in [0.2, 0.25) is 0 Å². The van der Waals surface area contributed by atoms with Crippen molar-refractivity contribution in [2.45, 2.75) is 6.92 Å². The molecule has 3 aromatic rings. The normalized spacial score (nSPS) is 10.6. The van der Waals surface area contributed by atoms with E-state index in [9.17, 15) is 9.59 Å². The van der Waals surface area contributed by atoms with Crippen LogP contribution in [0.5, 0.6) is 0 Å². The summed E-state index contributed by atoms with van der Waals surface area (Å²) >= 11 is 0. The minimum atomic E-state index is -0.380. The van der Waals surface area contributed by atoms with Crippen LogP contribution in [-0.4, -0.2) is 23.0 Å². The van der Waals surface area contributed by atoms with Gasteiger partial charge in [-0.05, 0) is 49.4 Å². The Kier molecular flexibility index (Phi) is 5.69. The average molecular weight is 358 g/mol. The van der Waals surface area contributed by atoms with Crippen LogP contribution >= 0.6 is 0 Å². The molecule has 6 nitrogen and oxygen atoms in total. The highest BCUT2D eigenvalue weighted by Gasteiger charge is 2.08. The minimum absolute atomic E-state index is 0.239. The first kappa shape index (κ1) is 18.0. The number of benzene rings is 2. The van der Waals surface area contributed by atoms with Crippen molar-refractivity contribution in [3.05, 3.63) is 95.3 Å². The molecule has 2 aromatic carbocycles. The van der Waals surface area contributed by atoms with Gasteiger partial charge in [0.25, 0.3) is 11.8 Å². The van der Waals surface area contributed by atoms with E-state index in [1.807, 2.05) is 25.1 Å². The first-order chi connectivity index (χ1) is 13.1. The maximum Gasteiger partial charge on any atom is 0.271 e.